The van der Waals surface area contributed by atoms with Crippen molar-refractivity contribution >= 4 is 33.4 Å². The highest BCUT2D eigenvalue weighted by molar-refractivity contribution is 7.89. The highest BCUT2D eigenvalue weighted by Crippen LogP contribution is 2.20. The van der Waals surface area contributed by atoms with E-state index in [4.69, 9.17) is 16.7 Å². The Labute approximate surface area is 150 Å². The summed E-state index contributed by atoms with van der Waals surface area (Å²) in [5.74, 6) is -1.30. The Hall–Kier alpha value is -2.22. The lowest BCUT2D eigenvalue weighted by atomic mass is 10.1. The topological polar surface area (TPSA) is 101 Å². The molecule has 2 aromatic carbocycles. The molecule has 2 rings (SSSR count). The van der Waals surface area contributed by atoms with Gasteiger partial charge in [-0.1, -0.05) is 48.0 Å². The van der Waals surface area contributed by atoms with Crippen LogP contribution in [0.5, 0.6) is 0 Å². The van der Waals surface area contributed by atoms with Crippen molar-refractivity contribution in [2.75, 3.05) is 6.54 Å². The molecule has 0 spiro atoms. The first kappa shape index (κ1) is 19.1. The van der Waals surface area contributed by atoms with E-state index in [-0.39, 0.29) is 16.3 Å². The largest absolute Gasteiger partial charge is 0.481 e. The summed E-state index contributed by atoms with van der Waals surface area (Å²) in [5.41, 5.74) is 1.12. The number of Topliss-reactive ketones (excluding diaryl/α,β-unsaturated/α-hetero) is 1. The third-order valence-corrected chi connectivity index (χ3v) is 5.35. The number of halogens is 1. The number of aliphatic carboxylic acids is 1. The Morgan fingerprint density at radius 1 is 1.04 bits per heavy atom. The maximum Gasteiger partial charge on any atom is 0.303 e. The molecule has 132 valence electrons. The summed E-state index contributed by atoms with van der Waals surface area (Å²) in [7, 11) is -3.89. The van der Waals surface area contributed by atoms with E-state index in [9.17, 15) is 18.0 Å². The van der Waals surface area contributed by atoms with Gasteiger partial charge in [-0.05, 0) is 24.1 Å². The predicted octanol–water partition coefficient (Wildman–Crippen LogP) is 2.52. The number of carboxylic acids is 1. The van der Waals surface area contributed by atoms with Crippen LogP contribution in [0.15, 0.2) is 53.4 Å². The van der Waals surface area contributed by atoms with Gasteiger partial charge in [-0.3, -0.25) is 9.59 Å². The predicted molar refractivity (Wildman–Crippen MR) is 93.4 cm³/mol. The Balaban J connectivity index is 2.00. The number of carbonyl (C=O) groups excluding carboxylic acids is 1. The second-order valence-electron chi connectivity index (χ2n) is 5.27. The first-order valence-electron chi connectivity index (χ1n) is 7.38. The second-order valence-corrected chi connectivity index (χ2v) is 7.41. The van der Waals surface area contributed by atoms with Gasteiger partial charge < -0.3 is 5.11 Å². The van der Waals surface area contributed by atoms with Gasteiger partial charge in [0.15, 0.2) is 5.78 Å². The van der Waals surface area contributed by atoms with Gasteiger partial charge in [0.05, 0.1) is 11.6 Å². The highest BCUT2D eigenvalue weighted by Gasteiger charge is 2.18. The summed E-state index contributed by atoms with van der Waals surface area (Å²) >= 11 is 5.86. The van der Waals surface area contributed by atoms with Gasteiger partial charge in [0.2, 0.25) is 10.0 Å². The fourth-order valence-electron chi connectivity index (χ4n) is 2.11. The van der Waals surface area contributed by atoms with E-state index in [1.54, 1.807) is 30.3 Å². The number of rotatable bonds is 8. The van der Waals surface area contributed by atoms with Crippen molar-refractivity contribution in [3.05, 3.63) is 64.7 Å². The van der Waals surface area contributed by atoms with Crippen molar-refractivity contribution in [1.82, 2.24) is 4.72 Å². The molecule has 2 aromatic rings. The Morgan fingerprint density at radius 3 is 2.28 bits per heavy atom. The molecular formula is C17H16ClNO5S. The highest BCUT2D eigenvalue weighted by atomic mass is 35.5. The molecule has 0 aliphatic heterocycles. The zero-order valence-corrected chi connectivity index (χ0v) is 14.7. The lowest BCUT2D eigenvalue weighted by molar-refractivity contribution is -0.136. The normalized spacial score (nSPS) is 11.2. The van der Waals surface area contributed by atoms with Crippen LogP contribution in [0.1, 0.15) is 22.3 Å². The van der Waals surface area contributed by atoms with Crippen molar-refractivity contribution in [1.29, 1.82) is 0 Å². The number of carboxylic acid groups (broad SMARTS) is 1. The lowest BCUT2D eigenvalue weighted by Gasteiger charge is -2.08. The molecule has 0 aromatic heterocycles. The molecular weight excluding hydrogens is 366 g/mol. The molecule has 0 aliphatic carbocycles. The van der Waals surface area contributed by atoms with E-state index < -0.39 is 28.3 Å². The van der Waals surface area contributed by atoms with E-state index in [2.05, 4.69) is 4.72 Å². The summed E-state index contributed by atoms with van der Waals surface area (Å²) in [6.45, 7) is -0.401. The molecule has 0 heterocycles. The van der Waals surface area contributed by atoms with E-state index in [0.29, 0.717) is 12.0 Å². The number of sulfonamides is 1. The number of nitrogens with one attached hydrogen (secondary N) is 1. The quantitative estimate of drug-likeness (QED) is 0.684. The summed E-state index contributed by atoms with van der Waals surface area (Å²) in [6, 6.07) is 12.3. The summed E-state index contributed by atoms with van der Waals surface area (Å²) < 4.78 is 26.6. The molecule has 25 heavy (non-hydrogen) atoms. The number of hydrogen-bond donors (Lipinski definition) is 2. The average Bonchev–Trinajstić information content (AvgIpc) is 2.58. The van der Waals surface area contributed by atoms with Crippen molar-refractivity contribution in [3.63, 3.8) is 0 Å². The number of aryl methyl sites for hydroxylation is 1. The SMILES string of the molecule is O=C(O)CCc1ccc(C(=O)CNS(=O)(=O)c2ccccc2Cl)cc1. The average molecular weight is 382 g/mol. The van der Waals surface area contributed by atoms with Crippen molar-refractivity contribution in [3.8, 4) is 0 Å². The molecule has 0 fully saturated rings. The van der Waals surface area contributed by atoms with Gasteiger partial charge in [-0.2, -0.15) is 0 Å². The summed E-state index contributed by atoms with van der Waals surface area (Å²) in [5, 5.41) is 8.72. The second kappa shape index (κ2) is 8.24. The molecule has 0 aliphatic rings. The minimum Gasteiger partial charge on any atom is -0.481 e. The number of benzene rings is 2. The van der Waals surface area contributed by atoms with Crippen LogP contribution in [-0.4, -0.2) is 31.8 Å². The Morgan fingerprint density at radius 2 is 1.68 bits per heavy atom. The molecule has 2 N–H and O–H groups in total. The summed E-state index contributed by atoms with van der Waals surface area (Å²) in [6.07, 6.45) is 0.369. The van der Waals surface area contributed by atoms with Gasteiger partial charge in [-0.25, -0.2) is 13.1 Å². The van der Waals surface area contributed by atoms with Gasteiger partial charge >= 0.3 is 5.97 Å². The molecule has 0 bridgehead atoms. The molecule has 0 atom stereocenters. The number of carbonyl (C=O) groups is 2. The van der Waals surface area contributed by atoms with Crippen LogP contribution in [0.2, 0.25) is 5.02 Å². The van der Waals surface area contributed by atoms with Gasteiger partial charge in [0, 0.05) is 12.0 Å². The molecule has 0 unspecified atom stereocenters. The number of hydrogen-bond acceptors (Lipinski definition) is 4. The third kappa shape index (κ3) is 5.38. The monoisotopic (exact) mass is 381 g/mol. The zero-order chi connectivity index (χ0) is 18.4. The standard InChI is InChI=1S/C17H16ClNO5S/c18-14-3-1-2-4-16(14)25(23,24)19-11-15(20)13-8-5-12(6-9-13)7-10-17(21)22/h1-6,8-9,19H,7,10-11H2,(H,21,22). The van der Waals surface area contributed by atoms with Crippen LogP contribution >= 0.6 is 11.6 Å². The van der Waals surface area contributed by atoms with Crippen molar-refractivity contribution in [2.45, 2.75) is 17.7 Å². The smallest absolute Gasteiger partial charge is 0.303 e. The zero-order valence-electron chi connectivity index (χ0n) is 13.1. The van der Waals surface area contributed by atoms with Crippen molar-refractivity contribution < 1.29 is 23.1 Å². The maximum absolute atomic E-state index is 12.2. The van der Waals surface area contributed by atoms with Crippen LogP contribution in [0.4, 0.5) is 0 Å². The van der Waals surface area contributed by atoms with Crippen LogP contribution < -0.4 is 4.72 Å². The lowest BCUT2D eigenvalue weighted by Crippen LogP contribution is -2.29. The van der Waals surface area contributed by atoms with Gasteiger partial charge in [-0.15, -0.1) is 0 Å². The minimum absolute atomic E-state index is 0.00489. The van der Waals surface area contributed by atoms with Crippen molar-refractivity contribution in [2.24, 2.45) is 0 Å². The minimum atomic E-state index is -3.89. The van der Waals surface area contributed by atoms with Gasteiger partial charge in [0.1, 0.15) is 4.90 Å². The molecule has 0 radical (unpaired) electrons. The Bertz CT molecular complexity index is 878. The van der Waals surface area contributed by atoms with E-state index >= 15 is 0 Å². The molecule has 6 nitrogen and oxygen atoms in total. The third-order valence-electron chi connectivity index (χ3n) is 3.45. The number of ketones is 1. The van der Waals surface area contributed by atoms with Crippen LogP contribution in [0, 0.1) is 0 Å². The van der Waals surface area contributed by atoms with Crippen LogP contribution in [0.3, 0.4) is 0 Å². The van der Waals surface area contributed by atoms with E-state index in [1.165, 1.54) is 18.2 Å². The fraction of sp³-hybridized carbons (Fsp3) is 0.176. The van der Waals surface area contributed by atoms with Crippen LogP contribution in [0.25, 0.3) is 0 Å². The van der Waals surface area contributed by atoms with Crippen LogP contribution in [-0.2, 0) is 21.2 Å². The fourth-order valence-corrected chi connectivity index (χ4v) is 3.61. The first-order valence-corrected chi connectivity index (χ1v) is 9.24. The first-order chi connectivity index (χ1) is 11.8. The molecule has 0 saturated carbocycles. The van der Waals surface area contributed by atoms with E-state index in [0.717, 1.165) is 5.56 Å². The summed E-state index contributed by atoms with van der Waals surface area (Å²) in [4.78, 5) is 22.6. The van der Waals surface area contributed by atoms with E-state index in [1.807, 2.05) is 0 Å². The van der Waals surface area contributed by atoms with Gasteiger partial charge in [0.25, 0.3) is 0 Å². The molecule has 0 saturated heterocycles. The molecule has 8 heteroatoms. The molecule has 0 amide bonds. The Kier molecular flexibility index (Phi) is 6.30. The maximum atomic E-state index is 12.2.